The van der Waals surface area contributed by atoms with Gasteiger partial charge in [-0.05, 0) is 43.5 Å². The summed E-state index contributed by atoms with van der Waals surface area (Å²) >= 11 is 1.23. The highest BCUT2D eigenvalue weighted by atomic mass is 32.2. The zero-order chi connectivity index (χ0) is 23.7. The molecular weight excluding hydrogens is 452 g/mol. The van der Waals surface area contributed by atoms with Gasteiger partial charge in [0.05, 0.1) is 24.7 Å². The van der Waals surface area contributed by atoms with Gasteiger partial charge in [0.25, 0.3) is 5.56 Å². The molecule has 0 saturated carbocycles. The summed E-state index contributed by atoms with van der Waals surface area (Å²) in [6.45, 7) is 3.19. The average Bonchev–Trinajstić information content (AvgIpc) is 3.50. The number of benzene rings is 2. The topological polar surface area (TPSA) is 98.2 Å². The van der Waals surface area contributed by atoms with Crippen LogP contribution in [0.3, 0.4) is 0 Å². The average molecular weight is 479 g/mol. The summed E-state index contributed by atoms with van der Waals surface area (Å²) in [5, 5.41) is 4.22. The van der Waals surface area contributed by atoms with E-state index >= 15 is 0 Å². The van der Waals surface area contributed by atoms with E-state index in [0.29, 0.717) is 34.2 Å². The lowest BCUT2D eigenvalue weighted by molar-refractivity contribution is -0.119. The van der Waals surface area contributed by atoms with Gasteiger partial charge in [-0.25, -0.2) is 9.55 Å². The van der Waals surface area contributed by atoms with Gasteiger partial charge in [0, 0.05) is 24.1 Å². The number of ether oxygens (including phenoxy) is 2. The number of aromatic amines is 1. The summed E-state index contributed by atoms with van der Waals surface area (Å²) in [4.78, 5) is 34.4. The van der Waals surface area contributed by atoms with Crippen LogP contribution in [0.25, 0.3) is 27.6 Å². The standard InChI is InChI=1S/C25H26N4O4S/c1-15-9-10-20(32-2)19(12-15)29-24(31)23-22(17-7-3-4-8-18(17)27-23)28-25(29)34-14-21(30)26-13-16-6-5-11-33-16/h3-4,7-10,12,16,27H,5-6,11,13-14H2,1-2H3,(H,26,30)/t16-/m0/s1. The van der Waals surface area contributed by atoms with E-state index in [1.165, 1.54) is 16.3 Å². The fourth-order valence-corrected chi connectivity index (χ4v) is 5.07. The fourth-order valence-electron chi connectivity index (χ4n) is 4.24. The molecule has 1 aliphatic rings. The van der Waals surface area contributed by atoms with Crippen LogP contribution in [0.1, 0.15) is 18.4 Å². The number of carbonyl (C=O) groups is 1. The van der Waals surface area contributed by atoms with Crippen molar-refractivity contribution < 1.29 is 14.3 Å². The Hall–Kier alpha value is -3.30. The number of hydrogen-bond donors (Lipinski definition) is 2. The first-order valence-corrected chi connectivity index (χ1v) is 12.2. The van der Waals surface area contributed by atoms with Gasteiger partial charge >= 0.3 is 0 Å². The fraction of sp³-hybridized carbons (Fsp3) is 0.320. The molecule has 3 heterocycles. The lowest BCUT2D eigenvalue weighted by Gasteiger charge is -2.16. The highest BCUT2D eigenvalue weighted by Gasteiger charge is 2.21. The lowest BCUT2D eigenvalue weighted by atomic mass is 10.2. The molecule has 176 valence electrons. The molecule has 2 aromatic heterocycles. The second-order valence-electron chi connectivity index (χ2n) is 8.33. The van der Waals surface area contributed by atoms with E-state index in [9.17, 15) is 9.59 Å². The van der Waals surface area contributed by atoms with Crippen LogP contribution < -0.4 is 15.6 Å². The van der Waals surface area contributed by atoms with Crippen molar-refractivity contribution in [2.24, 2.45) is 0 Å². The summed E-state index contributed by atoms with van der Waals surface area (Å²) in [7, 11) is 1.57. The van der Waals surface area contributed by atoms with Crippen LogP contribution in [0.2, 0.25) is 0 Å². The van der Waals surface area contributed by atoms with Gasteiger partial charge in [-0.3, -0.25) is 9.59 Å². The summed E-state index contributed by atoms with van der Waals surface area (Å²) in [5.41, 5.74) is 3.16. The highest BCUT2D eigenvalue weighted by Crippen LogP contribution is 2.30. The van der Waals surface area contributed by atoms with Gasteiger partial charge < -0.3 is 19.8 Å². The first-order valence-electron chi connectivity index (χ1n) is 11.2. The first kappa shape index (κ1) is 22.5. The maximum atomic E-state index is 13.7. The van der Waals surface area contributed by atoms with Gasteiger partial charge in [-0.15, -0.1) is 0 Å². The number of thioether (sulfide) groups is 1. The molecule has 4 aromatic rings. The normalized spacial score (nSPS) is 15.8. The van der Waals surface area contributed by atoms with Crippen molar-refractivity contribution in [1.29, 1.82) is 0 Å². The molecule has 0 bridgehead atoms. The number of aromatic nitrogens is 3. The number of nitrogens with zero attached hydrogens (tertiary/aromatic N) is 2. The minimum Gasteiger partial charge on any atom is -0.495 e. The third-order valence-electron chi connectivity index (χ3n) is 5.95. The second-order valence-corrected chi connectivity index (χ2v) is 9.27. The number of fused-ring (bicyclic) bond motifs is 3. The quantitative estimate of drug-likeness (QED) is 0.311. The van der Waals surface area contributed by atoms with E-state index in [-0.39, 0.29) is 23.3 Å². The molecule has 5 rings (SSSR count). The largest absolute Gasteiger partial charge is 0.495 e. The minimum absolute atomic E-state index is 0.0735. The smallest absolute Gasteiger partial charge is 0.283 e. The Morgan fingerprint density at radius 1 is 1.32 bits per heavy atom. The van der Waals surface area contributed by atoms with Gasteiger partial charge in [-0.2, -0.15) is 0 Å². The van der Waals surface area contributed by atoms with Crippen molar-refractivity contribution in [1.82, 2.24) is 19.9 Å². The molecule has 2 aromatic carbocycles. The number of para-hydroxylation sites is 1. The van der Waals surface area contributed by atoms with Crippen LogP contribution in [0, 0.1) is 6.92 Å². The maximum Gasteiger partial charge on any atom is 0.283 e. The number of amides is 1. The Morgan fingerprint density at radius 2 is 2.18 bits per heavy atom. The number of aryl methyl sites for hydroxylation is 1. The van der Waals surface area contributed by atoms with Crippen molar-refractivity contribution in [2.75, 3.05) is 26.0 Å². The molecule has 1 amide bonds. The Balaban J connectivity index is 1.56. The highest BCUT2D eigenvalue weighted by molar-refractivity contribution is 7.99. The predicted molar refractivity (Wildman–Crippen MR) is 133 cm³/mol. The minimum atomic E-state index is -0.243. The van der Waals surface area contributed by atoms with Crippen molar-refractivity contribution in [3.8, 4) is 11.4 Å². The van der Waals surface area contributed by atoms with Gasteiger partial charge in [0.2, 0.25) is 5.91 Å². The summed E-state index contributed by atoms with van der Waals surface area (Å²) in [6.07, 6.45) is 2.05. The first-order chi connectivity index (χ1) is 16.5. The predicted octanol–water partition coefficient (Wildman–Crippen LogP) is 3.57. The van der Waals surface area contributed by atoms with Crippen LogP contribution in [0.4, 0.5) is 0 Å². The Labute approximate surface area is 200 Å². The summed E-state index contributed by atoms with van der Waals surface area (Å²) in [6, 6.07) is 13.3. The number of H-pyrrole nitrogens is 1. The third-order valence-corrected chi connectivity index (χ3v) is 6.89. The monoisotopic (exact) mass is 478 g/mol. The Kier molecular flexibility index (Phi) is 6.30. The summed E-state index contributed by atoms with van der Waals surface area (Å²) < 4.78 is 12.7. The molecule has 0 unspecified atom stereocenters. The number of nitrogens with one attached hydrogen (secondary N) is 2. The number of carbonyl (C=O) groups excluding carboxylic acids is 1. The van der Waals surface area contributed by atoms with Gasteiger partial charge in [-0.1, -0.05) is 36.0 Å². The van der Waals surface area contributed by atoms with E-state index < -0.39 is 0 Å². The van der Waals surface area contributed by atoms with E-state index in [4.69, 9.17) is 14.5 Å². The third kappa shape index (κ3) is 4.28. The van der Waals surface area contributed by atoms with Crippen LogP contribution >= 0.6 is 11.8 Å². The van der Waals surface area contributed by atoms with E-state index in [1.54, 1.807) is 7.11 Å². The molecule has 0 spiro atoms. The molecular formula is C25H26N4O4S. The van der Waals surface area contributed by atoms with Gasteiger partial charge in [0.15, 0.2) is 5.16 Å². The summed E-state index contributed by atoms with van der Waals surface area (Å²) in [5.74, 6) is 0.549. The molecule has 2 N–H and O–H groups in total. The molecule has 0 aliphatic carbocycles. The SMILES string of the molecule is COc1ccc(C)cc1-n1c(SCC(=O)NC[C@@H]2CCCO2)nc2c([nH]c3ccccc32)c1=O. The molecule has 0 radical (unpaired) electrons. The number of methoxy groups -OCH3 is 1. The van der Waals surface area contributed by atoms with E-state index in [1.807, 2.05) is 49.4 Å². The van der Waals surface area contributed by atoms with E-state index in [2.05, 4.69) is 10.3 Å². The van der Waals surface area contributed by atoms with E-state index in [0.717, 1.165) is 35.9 Å². The lowest BCUT2D eigenvalue weighted by Crippen LogP contribution is -2.33. The van der Waals surface area contributed by atoms with Crippen molar-refractivity contribution in [3.05, 3.63) is 58.4 Å². The zero-order valence-corrected chi connectivity index (χ0v) is 19.9. The molecule has 1 aliphatic heterocycles. The molecule has 9 heteroatoms. The Morgan fingerprint density at radius 3 is 2.97 bits per heavy atom. The molecule has 1 saturated heterocycles. The maximum absolute atomic E-state index is 13.7. The molecule has 34 heavy (non-hydrogen) atoms. The molecule has 1 atom stereocenters. The van der Waals surface area contributed by atoms with Gasteiger partial charge in [0.1, 0.15) is 16.8 Å². The van der Waals surface area contributed by atoms with Crippen LogP contribution in [-0.2, 0) is 9.53 Å². The van der Waals surface area contributed by atoms with Crippen molar-refractivity contribution in [2.45, 2.75) is 31.0 Å². The molecule has 1 fully saturated rings. The number of hydrogen-bond acceptors (Lipinski definition) is 6. The van der Waals surface area contributed by atoms with Crippen LogP contribution in [0.5, 0.6) is 5.75 Å². The van der Waals surface area contributed by atoms with Crippen molar-refractivity contribution in [3.63, 3.8) is 0 Å². The van der Waals surface area contributed by atoms with Crippen LogP contribution in [0.15, 0.2) is 52.4 Å². The van der Waals surface area contributed by atoms with Crippen LogP contribution in [-0.4, -0.2) is 52.6 Å². The zero-order valence-electron chi connectivity index (χ0n) is 19.1. The number of rotatable bonds is 7. The Bertz CT molecular complexity index is 1420. The van der Waals surface area contributed by atoms with Crippen molar-refractivity contribution >= 4 is 39.6 Å². The molecule has 8 nitrogen and oxygen atoms in total. The second kappa shape index (κ2) is 9.52.